The first-order valence-electron chi connectivity index (χ1n) is 10.1. The van der Waals surface area contributed by atoms with E-state index < -0.39 is 5.72 Å². The second-order valence-electron chi connectivity index (χ2n) is 7.90. The summed E-state index contributed by atoms with van der Waals surface area (Å²) in [7, 11) is 1.88. The first-order valence-corrected chi connectivity index (χ1v) is 10.9. The molecule has 2 aromatic carbocycles. The summed E-state index contributed by atoms with van der Waals surface area (Å²) in [5.74, 6) is 0.409. The number of hydrogen-bond donors (Lipinski definition) is 1. The van der Waals surface area contributed by atoms with Crippen molar-refractivity contribution in [3.05, 3.63) is 70.3 Å². The standard InChI is InChI=1S/C23H21BrN4O3/c1-27-19(7-10-25-27)15-3-2-4-16(13-15)22(30)28-11-8-23(9-12-28)26-21(29)18-14-17(24)5-6-20(18)31-23/h2-7,10,13-14H,8-9,11-12H2,1H3,(H,26,29). The summed E-state index contributed by atoms with van der Waals surface area (Å²) in [4.78, 5) is 27.6. The van der Waals surface area contributed by atoms with Crippen molar-refractivity contribution in [3.63, 3.8) is 0 Å². The fraction of sp³-hybridized carbons (Fsp3) is 0.261. The monoisotopic (exact) mass is 480 g/mol. The zero-order chi connectivity index (χ0) is 21.6. The number of fused-ring (bicyclic) bond motifs is 1. The van der Waals surface area contributed by atoms with Crippen LogP contribution in [0.1, 0.15) is 33.6 Å². The molecule has 2 aliphatic rings. The molecule has 2 aliphatic heterocycles. The summed E-state index contributed by atoms with van der Waals surface area (Å²) in [6, 6.07) is 14.9. The summed E-state index contributed by atoms with van der Waals surface area (Å²) >= 11 is 3.39. The number of aryl methyl sites for hydroxylation is 1. The molecule has 158 valence electrons. The molecule has 0 bridgehead atoms. The van der Waals surface area contributed by atoms with Crippen molar-refractivity contribution in [1.29, 1.82) is 0 Å². The number of likely N-dealkylation sites (tertiary alicyclic amines) is 1. The third-order valence-corrected chi connectivity index (χ3v) is 6.41. The molecule has 1 spiro atoms. The average molecular weight is 481 g/mol. The maximum absolute atomic E-state index is 13.1. The molecular weight excluding hydrogens is 460 g/mol. The molecule has 1 fully saturated rings. The fourth-order valence-corrected chi connectivity index (χ4v) is 4.59. The highest BCUT2D eigenvalue weighted by atomic mass is 79.9. The van der Waals surface area contributed by atoms with Crippen LogP contribution in [0.15, 0.2) is 59.2 Å². The van der Waals surface area contributed by atoms with Crippen LogP contribution in [-0.4, -0.2) is 45.3 Å². The fourth-order valence-electron chi connectivity index (χ4n) is 4.23. The second kappa shape index (κ2) is 7.53. The van der Waals surface area contributed by atoms with Crippen molar-refractivity contribution in [2.24, 2.45) is 7.05 Å². The van der Waals surface area contributed by atoms with Crippen LogP contribution in [0.4, 0.5) is 0 Å². The van der Waals surface area contributed by atoms with Gasteiger partial charge in [0.2, 0.25) is 0 Å². The van der Waals surface area contributed by atoms with Crippen LogP contribution in [0, 0.1) is 0 Å². The van der Waals surface area contributed by atoms with Gasteiger partial charge in [0.15, 0.2) is 5.72 Å². The van der Waals surface area contributed by atoms with Gasteiger partial charge in [-0.15, -0.1) is 0 Å². The molecular formula is C23H21BrN4O3. The summed E-state index contributed by atoms with van der Waals surface area (Å²) < 4.78 is 8.81. The number of hydrogen-bond acceptors (Lipinski definition) is 4. The average Bonchev–Trinajstić information content (AvgIpc) is 3.20. The second-order valence-corrected chi connectivity index (χ2v) is 8.82. The van der Waals surface area contributed by atoms with E-state index in [0.29, 0.717) is 42.8 Å². The molecule has 1 saturated heterocycles. The van der Waals surface area contributed by atoms with E-state index in [2.05, 4.69) is 26.3 Å². The summed E-state index contributed by atoms with van der Waals surface area (Å²) in [6.07, 6.45) is 2.80. The van der Waals surface area contributed by atoms with Gasteiger partial charge in [0.1, 0.15) is 5.75 Å². The molecule has 0 saturated carbocycles. The van der Waals surface area contributed by atoms with Crippen LogP contribution in [0.3, 0.4) is 0 Å². The minimum Gasteiger partial charge on any atom is -0.467 e. The number of nitrogens with one attached hydrogen (secondary N) is 1. The highest BCUT2D eigenvalue weighted by Crippen LogP contribution is 2.35. The zero-order valence-electron chi connectivity index (χ0n) is 17.0. The number of nitrogens with zero attached hydrogens (tertiary/aromatic N) is 3. The molecule has 1 aromatic heterocycles. The largest absolute Gasteiger partial charge is 0.467 e. The van der Waals surface area contributed by atoms with Crippen molar-refractivity contribution < 1.29 is 14.3 Å². The highest BCUT2D eigenvalue weighted by Gasteiger charge is 2.43. The van der Waals surface area contributed by atoms with E-state index in [1.165, 1.54) is 0 Å². The van der Waals surface area contributed by atoms with Crippen LogP contribution in [0.25, 0.3) is 11.3 Å². The van der Waals surface area contributed by atoms with Crippen molar-refractivity contribution in [1.82, 2.24) is 20.0 Å². The topological polar surface area (TPSA) is 76.5 Å². The Morgan fingerprint density at radius 2 is 1.97 bits per heavy atom. The smallest absolute Gasteiger partial charge is 0.258 e. The Bertz CT molecular complexity index is 1180. The van der Waals surface area contributed by atoms with Crippen molar-refractivity contribution in [2.75, 3.05) is 13.1 Å². The van der Waals surface area contributed by atoms with Crippen LogP contribution in [-0.2, 0) is 7.05 Å². The predicted molar refractivity (Wildman–Crippen MR) is 119 cm³/mol. The zero-order valence-corrected chi connectivity index (χ0v) is 18.6. The number of carbonyl (C=O) groups is 2. The number of halogens is 1. The molecule has 0 aliphatic carbocycles. The van der Waals surface area contributed by atoms with Crippen molar-refractivity contribution in [2.45, 2.75) is 18.6 Å². The van der Waals surface area contributed by atoms with Gasteiger partial charge in [-0.05, 0) is 36.4 Å². The van der Waals surface area contributed by atoms with Gasteiger partial charge in [-0.1, -0.05) is 28.1 Å². The third-order valence-electron chi connectivity index (χ3n) is 5.92. The van der Waals surface area contributed by atoms with Gasteiger partial charge in [-0.2, -0.15) is 5.10 Å². The van der Waals surface area contributed by atoms with E-state index >= 15 is 0 Å². The summed E-state index contributed by atoms with van der Waals surface area (Å²) in [5.41, 5.74) is 2.29. The Morgan fingerprint density at radius 3 is 2.71 bits per heavy atom. The Balaban J connectivity index is 1.31. The van der Waals surface area contributed by atoms with Gasteiger partial charge < -0.3 is 15.0 Å². The van der Waals surface area contributed by atoms with E-state index in [9.17, 15) is 9.59 Å². The van der Waals surface area contributed by atoms with Crippen LogP contribution < -0.4 is 10.1 Å². The summed E-state index contributed by atoms with van der Waals surface area (Å²) in [5, 5.41) is 7.22. The Hall–Kier alpha value is -3.13. The van der Waals surface area contributed by atoms with Gasteiger partial charge in [-0.25, -0.2) is 0 Å². The Morgan fingerprint density at radius 1 is 1.16 bits per heavy atom. The molecule has 0 atom stereocenters. The van der Waals surface area contributed by atoms with E-state index in [1.54, 1.807) is 23.0 Å². The molecule has 0 unspecified atom stereocenters. The van der Waals surface area contributed by atoms with Gasteiger partial charge >= 0.3 is 0 Å². The molecule has 3 aromatic rings. The molecule has 5 rings (SSSR count). The van der Waals surface area contributed by atoms with Crippen molar-refractivity contribution in [3.8, 4) is 17.0 Å². The number of amides is 2. The first-order chi connectivity index (χ1) is 14.9. The number of rotatable bonds is 2. The lowest BCUT2D eigenvalue weighted by Crippen LogP contribution is -2.61. The lowest BCUT2D eigenvalue weighted by atomic mass is 9.96. The van der Waals surface area contributed by atoms with E-state index in [4.69, 9.17) is 4.74 Å². The lowest BCUT2D eigenvalue weighted by Gasteiger charge is -2.44. The van der Waals surface area contributed by atoms with E-state index in [0.717, 1.165) is 15.7 Å². The van der Waals surface area contributed by atoms with Crippen LogP contribution >= 0.6 is 15.9 Å². The number of ether oxygens (including phenoxy) is 1. The predicted octanol–water partition coefficient (Wildman–Crippen LogP) is 3.60. The quantitative estimate of drug-likeness (QED) is 0.607. The van der Waals surface area contributed by atoms with Gasteiger partial charge in [0.05, 0.1) is 11.3 Å². The molecule has 2 amide bonds. The van der Waals surface area contributed by atoms with Gasteiger partial charge in [-0.3, -0.25) is 14.3 Å². The minimum atomic E-state index is -0.773. The van der Waals surface area contributed by atoms with Crippen LogP contribution in [0.2, 0.25) is 0 Å². The van der Waals surface area contributed by atoms with Gasteiger partial charge in [0.25, 0.3) is 11.8 Å². The highest BCUT2D eigenvalue weighted by molar-refractivity contribution is 9.10. The van der Waals surface area contributed by atoms with Crippen LogP contribution in [0.5, 0.6) is 5.75 Å². The van der Waals surface area contributed by atoms with E-state index in [-0.39, 0.29) is 11.8 Å². The maximum Gasteiger partial charge on any atom is 0.258 e. The maximum atomic E-state index is 13.1. The van der Waals surface area contributed by atoms with Gasteiger partial charge in [0, 0.05) is 54.8 Å². The normalized spacial score (nSPS) is 17.1. The van der Waals surface area contributed by atoms with E-state index in [1.807, 2.05) is 48.3 Å². The Kier molecular flexibility index (Phi) is 4.81. The molecule has 0 radical (unpaired) electrons. The first kappa shape index (κ1) is 19.8. The lowest BCUT2D eigenvalue weighted by molar-refractivity contribution is -0.0245. The molecule has 8 heteroatoms. The Labute approximate surface area is 188 Å². The molecule has 1 N–H and O–H groups in total. The SMILES string of the molecule is Cn1nccc1-c1cccc(C(=O)N2CCC3(CC2)NC(=O)c2cc(Br)ccc2O3)c1. The number of benzene rings is 2. The molecule has 31 heavy (non-hydrogen) atoms. The minimum absolute atomic E-state index is 0.0228. The molecule has 3 heterocycles. The number of piperidine rings is 1. The summed E-state index contributed by atoms with van der Waals surface area (Å²) in [6.45, 7) is 1.00. The van der Waals surface area contributed by atoms with Crippen molar-refractivity contribution >= 4 is 27.7 Å². The molecule has 7 nitrogen and oxygen atoms in total. The number of aromatic nitrogens is 2. The third kappa shape index (κ3) is 3.61. The number of carbonyl (C=O) groups excluding carboxylic acids is 2.